The van der Waals surface area contributed by atoms with Crippen molar-refractivity contribution in [2.45, 2.75) is 12.5 Å². The summed E-state index contributed by atoms with van der Waals surface area (Å²) in [6.45, 7) is 0. The van der Waals surface area contributed by atoms with Gasteiger partial charge in [0.25, 0.3) is 0 Å². The molecule has 1 aliphatic heterocycles. The van der Waals surface area contributed by atoms with Crippen molar-refractivity contribution in [3.63, 3.8) is 0 Å². The fourth-order valence-corrected chi connectivity index (χ4v) is 5.69. The Balaban J connectivity index is 1.46. The van der Waals surface area contributed by atoms with Gasteiger partial charge in [0.1, 0.15) is 0 Å². The van der Waals surface area contributed by atoms with Crippen LogP contribution in [-0.4, -0.2) is 11.5 Å². The molecule has 0 saturated carbocycles. The lowest BCUT2D eigenvalue weighted by Crippen LogP contribution is -2.17. The molecule has 0 N–H and O–H groups in total. The van der Waals surface area contributed by atoms with Crippen LogP contribution in [0.2, 0.25) is 0 Å². The van der Waals surface area contributed by atoms with Gasteiger partial charge in [0, 0.05) is 36.6 Å². The highest BCUT2D eigenvalue weighted by Crippen LogP contribution is 2.37. The average molecular weight is 495 g/mol. The Morgan fingerprint density at radius 3 is 2.31 bits per heavy atom. The first-order chi connectivity index (χ1) is 15.7. The number of hydrogen-bond donors (Lipinski definition) is 0. The number of hydrogen-bond acceptors (Lipinski definition) is 3. The van der Waals surface area contributed by atoms with E-state index in [4.69, 9.17) is 9.98 Å². The zero-order chi connectivity index (χ0) is 21.5. The predicted octanol–water partition coefficient (Wildman–Crippen LogP) is 8.20. The molecule has 1 unspecified atom stereocenters. The van der Waals surface area contributed by atoms with E-state index in [1.54, 1.807) is 0 Å². The molecule has 1 aliphatic rings. The second kappa shape index (κ2) is 8.12. The minimum atomic E-state index is 0.0379. The third kappa shape index (κ3) is 3.60. The van der Waals surface area contributed by atoms with Crippen LogP contribution in [0.3, 0.4) is 0 Å². The predicted molar refractivity (Wildman–Crippen MR) is 140 cm³/mol. The Hall–Kier alpha value is -3.08. The quantitative estimate of drug-likeness (QED) is 0.241. The Labute approximate surface area is 199 Å². The molecule has 5 aromatic rings. The van der Waals surface area contributed by atoms with Crippen molar-refractivity contribution in [2.24, 2.45) is 9.98 Å². The maximum absolute atomic E-state index is 5.10. The summed E-state index contributed by atoms with van der Waals surface area (Å²) in [5, 5.41) is 2.65. The second-order valence-corrected chi connectivity index (χ2v) is 9.96. The number of halogens is 1. The summed E-state index contributed by atoms with van der Waals surface area (Å²) in [4.78, 5) is 10.1. The van der Waals surface area contributed by atoms with E-state index in [9.17, 15) is 0 Å². The molecule has 6 rings (SSSR count). The van der Waals surface area contributed by atoms with Crippen molar-refractivity contribution in [3.05, 3.63) is 118 Å². The number of aliphatic imine (C=N–C) groups is 2. The van der Waals surface area contributed by atoms with Gasteiger partial charge in [-0.15, -0.1) is 11.3 Å². The maximum Gasteiger partial charge on any atom is 0.155 e. The molecule has 32 heavy (non-hydrogen) atoms. The molecule has 0 radical (unpaired) electrons. The lowest BCUT2D eigenvalue weighted by Gasteiger charge is -2.21. The van der Waals surface area contributed by atoms with Crippen molar-refractivity contribution in [1.29, 1.82) is 0 Å². The molecule has 0 bridgehead atoms. The molecule has 0 saturated heterocycles. The molecule has 154 valence electrons. The Bertz CT molecular complexity index is 1500. The Morgan fingerprint density at radius 2 is 1.47 bits per heavy atom. The van der Waals surface area contributed by atoms with E-state index in [2.05, 4.69) is 94.8 Å². The minimum Gasteiger partial charge on any atom is -0.258 e. The van der Waals surface area contributed by atoms with Gasteiger partial charge in [-0.3, -0.25) is 4.99 Å². The first-order valence-electron chi connectivity index (χ1n) is 10.6. The molecule has 0 spiro atoms. The third-order valence-corrected chi connectivity index (χ3v) is 7.56. The summed E-state index contributed by atoms with van der Waals surface area (Å²) < 4.78 is 3.71. The van der Waals surface area contributed by atoms with Crippen molar-refractivity contribution in [3.8, 4) is 0 Å². The van der Waals surface area contributed by atoms with Gasteiger partial charge in [-0.05, 0) is 35.4 Å². The smallest absolute Gasteiger partial charge is 0.155 e. The lowest BCUT2D eigenvalue weighted by atomic mass is 9.95. The van der Waals surface area contributed by atoms with Gasteiger partial charge < -0.3 is 0 Å². The van der Waals surface area contributed by atoms with E-state index in [1.165, 1.54) is 25.7 Å². The van der Waals surface area contributed by atoms with E-state index < -0.39 is 0 Å². The van der Waals surface area contributed by atoms with Crippen molar-refractivity contribution >= 4 is 59.0 Å². The normalized spacial score (nSPS) is 16.2. The highest BCUT2D eigenvalue weighted by Gasteiger charge is 2.22. The van der Waals surface area contributed by atoms with Gasteiger partial charge >= 0.3 is 0 Å². The molecule has 4 heteroatoms. The van der Waals surface area contributed by atoms with E-state index in [-0.39, 0.29) is 6.04 Å². The van der Waals surface area contributed by atoms with Crippen LogP contribution in [0.4, 0.5) is 0 Å². The van der Waals surface area contributed by atoms with Crippen molar-refractivity contribution in [1.82, 2.24) is 0 Å². The first-order valence-corrected chi connectivity index (χ1v) is 12.2. The fourth-order valence-electron chi connectivity index (χ4n) is 4.27. The summed E-state index contributed by atoms with van der Waals surface area (Å²) in [6.07, 6.45) is 0.786. The Morgan fingerprint density at radius 1 is 0.719 bits per heavy atom. The van der Waals surface area contributed by atoms with Crippen molar-refractivity contribution < 1.29 is 0 Å². The number of rotatable bonds is 3. The zero-order valence-corrected chi connectivity index (χ0v) is 19.6. The van der Waals surface area contributed by atoms with Crippen LogP contribution in [0.25, 0.3) is 20.2 Å². The van der Waals surface area contributed by atoms with E-state index >= 15 is 0 Å². The zero-order valence-electron chi connectivity index (χ0n) is 17.2. The summed E-state index contributed by atoms with van der Waals surface area (Å²) >= 11 is 5.39. The highest BCUT2D eigenvalue weighted by molar-refractivity contribution is 9.10. The Kier molecular flexibility index (Phi) is 4.97. The van der Waals surface area contributed by atoms with E-state index in [0.29, 0.717) is 0 Å². The first kappa shape index (κ1) is 19.6. The standard InChI is InChI=1S/C28H19BrN2S/c29-21-13-10-18(11-14-21)24-17-25(31-28(30-24)19-6-2-1-3-7-19)20-12-15-23-22-8-4-5-9-26(22)32-27(23)16-20/h1-16,25H,17H2. The monoisotopic (exact) mass is 494 g/mol. The van der Waals surface area contributed by atoms with Gasteiger partial charge in [-0.25, -0.2) is 4.99 Å². The summed E-state index contributed by atoms with van der Waals surface area (Å²) in [5.41, 5.74) is 4.51. The molecule has 0 amide bonds. The number of thiophene rings is 1. The van der Waals surface area contributed by atoms with Gasteiger partial charge in [-0.2, -0.15) is 0 Å². The topological polar surface area (TPSA) is 24.7 Å². The fraction of sp³-hybridized carbons (Fsp3) is 0.0714. The minimum absolute atomic E-state index is 0.0379. The molecule has 1 aromatic heterocycles. The highest BCUT2D eigenvalue weighted by atomic mass is 79.9. The summed E-state index contributed by atoms with van der Waals surface area (Å²) in [7, 11) is 0. The number of nitrogens with zero attached hydrogens (tertiary/aromatic N) is 2. The van der Waals surface area contributed by atoms with Crippen LogP contribution >= 0.6 is 27.3 Å². The average Bonchev–Trinajstić information content (AvgIpc) is 3.23. The number of benzene rings is 4. The lowest BCUT2D eigenvalue weighted by molar-refractivity contribution is 0.755. The van der Waals surface area contributed by atoms with Crippen LogP contribution in [0, 0.1) is 0 Å². The largest absolute Gasteiger partial charge is 0.258 e. The van der Waals surface area contributed by atoms with E-state index in [1.807, 2.05) is 29.5 Å². The summed E-state index contributed by atoms with van der Waals surface area (Å²) in [6, 6.07) is 34.2. The van der Waals surface area contributed by atoms with Crippen LogP contribution in [0.1, 0.15) is 29.2 Å². The molecular weight excluding hydrogens is 476 g/mol. The van der Waals surface area contributed by atoms with Gasteiger partial charge in [0.15, 0.2) is 5.84 Å². The van der Waals surface area contributed by atoms with Gasteiger partial charge in [-0.1, -0.05) is 88.7 Å². The molecular formula is C28H19BrN2S. The van der Waals surface area contributed by atoms with Crippen LogP contribution in [0.5, 0.6) is 0 Å². The van der Waals surface area contributed by atoms with E-state index in [0.717, 1.165) is 33.6 Å². The molecule has 4 aromatic carbocycles. The maximum atomic E-state index is 5.10. The molecule has 2 nitrogen and oxygen atoms in total. The molecule has 0 aliphatic carbocycles. The third-order valence-electron chi connectivity index (χ3n) is 5.90. The van der Waals surface area contributed by atoms with Gasteiger partial charge in [0.2, 0.25) is 0 Å². The van der Waals surface area contributed by atoms with Crippen LogP contribution in [-0.2, 0) is 0 Å². The molecule has 1 atom stereocenters. The SMILES string of the molecule is Brc1ccc(C2=NC(c3ccccc3)=NC(c3ccc4c(c3)sc3ccccc34)C2)cc1. The van der Waals surface area contributed by atoms with Crippen molar-refractivity contribution in [2.75, 3.05) is 0 Å². The number of fused-ring (bicyclic) bond motifs is 3. The van der Waals surface area contributed by atoms with Crippen LogP contribution in [0.15, 0.2) is 112 Å². The second-order valence-electron chi connectivity index (χ2n) is 7.96. The van der Waals surface area contributed by atoms with Crippen LogP contribution < -0.4 is 0 Å². The van der Waals surface area contributed by atoms with Gasteiger partial charge in [0.05, 0.1) is 11.8 Å². The summed E-state index contributed by atoms with van der Waals surface area (Å²) in [5.74, 6) is 0.802. The molecule has 2 heterocycles. The number of amidine groups is 1. The molecule has 0 fully saturated rings.